The van der Waals surface area contributed by atoms with Gasteiger partial charge < -0.3 is 10.0 Å². The standard InChI is InChI=1S/C17H19N3O4/c1-11-4-6-13(7-5-11)20-15(21)9-14(18-20)16(22)19-8-2-3-12(10-19)17(23)24/h4-7,9,12,18H,2-3,8,10H2,1H3,(H,23,24). The van der Waals surface area contributed by atoms with Crippen LogP contribution in [-0.4, -0.2) is 44.8 Å². The molecule has 2 N–H and O–H groups in total. The van der Waals surface area contributed by atoms with Gasteiger partial charge in [-0.15, -0.1) is 0 Å². The van der Waals surface area contributed by atoms with Crippen LogP contribution in [-0.2, 0) is 4.79 Å². The van der Waals surface area contributed by atoms with E-state index >= 15 is 0 Å². The molecule has 0 spiro atoms. The number of likely N-dealkylation sites (tertiary alicyclic amines) is 1. The van der Waals surface area contributed by atoms with Gasteiger partial charge in [-0.1, -0.05) is 17.7 Å². The van der Waals surface area contributed by atoms with Gasteiger partial charge in [0.1, 0.15) is 5.69 Å². The summed E-state index contributed by atoms with van der Waals surface area (Å²) in [6.07, 6.45) is 1.21. The lowest BCUT2D eigenvalue weighted by Crippen LogP contribution is -2.42. The first-order valence-corrected chi connectivity index (χ1v) is 7.87. The molecule has 1 aromatic heterocycles. The van der Waals surface area contributed by atoms with Crippen LogP contribution in [0.4, 0.5) is 0 Å². The van der Waals surface area contributed by atoms with Crippen molar-refractivity contribution in [1.29, 1.82) is 0 Å². The topological polar surface area (TPSA) is 95.4 Å². The van der Waals surface area contributed by atoms with Gasteiger partial charge in [-0.05, 0) is 31.9 Å². The number of rotatable bonds is 3. The second-order valence-electron chi connectivity index (χ2n) is 6.11. The molecule has 2 heterocycles. The van der Waals surface area contributed by atoms with E-state index in [2.05, 4.69) is 5.10 Å². The van der Waals surface area contributed by atoms with E-state index in [1.54, 1.807) is 12.1 Å². The van der Waals surface area contributed by atoms with Crippen molar-refractivity contribution in [3.63, 3.8) is 0 Å². The molecule has 7 nitrogen and oxygen atoms in total. The first-order chi connectivity index (χ1) is 11.5. The zero-order valence-corrected chi connectivity index (χ0v) is 13.4. The summed E-state index contributed by atoms with van der Waals surface area (Å²) in [6, 6.07) is 8.61. The molecule has 3 rings (SSSR count). The number of carbonyl (C=O) groups is 2. The van der Waals surface area contributed by atoms with E-state index in [1.165, 1.54) is 15.6 Å². The Morgan fingerprint density at radius 2 is 1.96 bits per heavy atom. The Balaban J connectivity index is 1.84. The molecule has 1 aromatic carbocycles. The van der Waals surface area contributed by atoms with Gasteiger partial charge in [-0.3, -0.25) is 19.5 Å². The molecular formula is C17H19N3O4. The van der Waals surface area contributed by atoms with Crippen LogP contribution in [0, 0.1) is 12.8 Å². The minimum Gasteiger partial charge on any atom is -0.481 e. The first kappa shape index (κ1) is 16.0. The number of aromatic nitrogens is 2. The molecule has 0 aliphatic carbocycles. The third kappa shape index (κ3) is 3.10. The first-order valence-electron chi connectivity index (χ1n) is 7.87. The molecule has 1 aliphatic rings. The summed E-state index contributed by atoms with van der Waals surface area (Å²) in [7, 11) is 0. The van der Waals surface area contributed by atoms with E-state index in [1.807, 2.05) is 19.1 Å². The summed E-state index contributed by atoms with van der Waals surface area (Å²) >= 11 is 0. The molecule has 24 heavy (non-hydrogen) atoms. The second-order valence-corrected chi connectivity index (χ2v) is 6.11. The Bertz CT molecular complexity index is 819. The maximum Gasteiger partial charge on any atom is 0.308 e. The number of aliphatic carboxylic acids is 1. The largest absolute Gasteiger partial charge is 0.481 e. The minimum atomic E-state index is -0.891. The predicted octanol–water partition coefficient (Wildman–Crippen LogP) is 1.41. The van der Waals surface area contributed by atoms with Crippen molar-refractivity contribution in [2.24, 2.45) is 5.92 Å². The quantitative estimate of drug-likeness (QED) is 0.890. The molecule has 0 saturated carbocycles. The number of aryl methyl sites for hydroxylation is 1. The summed E-state index contributed by atoms with van der Waals surface area (Å²) < 4.78 is 1.31. The van der Waals surface area contributed by atoms with Crippen LogP contribution in [0.3, 0.4) is 0 Å². The summed E-state index contributed by atoms with van der Waals surface area (Å²) in [5, 5.41) is 12.0. The van der Waals surface area contributed by atoms with Crippen molar-refractivity contribution in [2.45, 2.75) is 19.8 Å². The van der Waals surface area contributed by atoms with Gasteiger partial charge in [0, 0.05) is 19.2 Å². The third-order valence-electron chi connectivity index (χ3n) is 4.30. The number of carbonyl (C=O) groups excluding carboxylic acids is 1. The molecule has 0 radical (unpaired) electrons. The number of hydrogen-bond acceptors (Lipinski definition) is 3. The van der Waals surface area contributed by atoms with Gasteiger partial charge in [0.15, 0.2) is 0 Å². The number of benzene rings is 1. The van der Waals surface area contributed by atoms with Gasteiger partial charge >= 0.3 is 5.97 Å². The number of amides is 1. The maximum absolute atomic E-state index is 12.6. The van der Waals surface area contributed by atoms with Gasteiger partial charge in [0.2, 0.25) is 0 Å². The number of hydrogen-bond donors (Lipinski definition) is 2. The van der Waals surface area contributed by atoms with Crippen molar-refractivity contribution >= 4 is 11.9 Å². The Kier molecular flexibility index (Phi) is 4.24. The van der Waals surface area contributed by atoms with Crippen molar-refractivity contribution in [3.8, 4) is 5.69 Å². The van der Waals surface area contributed by atoms with Crippen LogP contribution in [0.15, 0.2) is 35.1 Å². The SMILES string of the molecule is Cc1ccc(-n2[nH]c(C(=O)N3CCCC(C(=O)O)C3)cc2=O)cc1. The van der Waals surface area contributed by atoms with E-state index in [9.17, 15) is 14.4 Å². The predicted molar refractivity (Wildman–Crippen MR) is 87.4 cm³/mol. The number of piperidine rings is 1. The highest BCUT2D eigenvalue weighted by atomic mass is 16.4. The number of H-pyrrole nitrogens is 1. The lowest BCUT2D eigenvalue weighted by atomic mass is 9.98. The van der Waals surface area contributed by atoms with E-state index in [4.69, 9.17) is 5.11 Å². The van der Waals surface area contributed by atoms with E-state index in [-0.39, 0.29) is 23.7 Å². The van der Waals surface area contributed by atoms with Gasteiger partial charge in [0.25, 0.3) is 11.5 Å². The fraction of sp³-hybridized carbons (Fsp3) is 0.353. The molecule has 2 aromatic rings. The number of carboxylic acid groups (broad SMARTS) is 1. The second kappa shape index (κ2) is 6.35. The summed E-state index contributed by atoms with van der Waals surface area (Å²) in [5.74, 6) is -1.78. The average Bonchev–Trinajstić information content (AvgIpc) is 2.97. The average molecular weight is 329 g/mol. The monoisotopic (exact) mass is 329 g/mol. The van der Waals surface area contributed by atoms with Gasteiger partial charge in [-0.2, -0.15) is 0 Å². The van der Waals surface area contributed by atoms with Crippen LogP contribution in [0.1, 0.15) is 28.9 Å². The van der Waals surface area contributed by atoms with E-state index in [0.29, 0.717) is 25.1 Å². The zero-order chi connectivity index (χ0) is 17.3. The van der Waals surface area contributed by atoms with Crippen LogP contribution >= 0.6 is 0 Å². The zero-order valence-electron chi connectivity index (χ0n) is 13.4. The number of nitrogens with one attached hydrogen (secondary N) is 1. The molecule has 1 aliphatic heterocycles. The number of carboxylic acids is 1. The molecule has 126 valence electrons. The van der Waals surface area contributed by atoms with Crippen LogP contribution < -0.4 is 5.56 Å². The summed E-state index contributed by atoms with van der Waals surface area (Å²) in [5.41, 5.74) is 1.56. The molecule has 1 fully saturated rings. The van der Waals surface area contributed by atoms with Crippen molar-refractivity contribution < 1.29 is 14.7 Å². The Morgan fingerprint density at radius 3 is 2.62 bits per heavy atom. The molecular weight excluding hydrogens is 310 g/mol. The van der Waals surface area contributed by atoms with Crippen LogP contribution in [0.5, 0.6) is 0 Å². The highest BCUT2D eigenvalue weighted by molar-refractivity contribution is 5.92. The summed E-state index contributed by atoms with van der Waals surface area (Å²) in [4.78, 5) is 37.3. The van der Waals surface area contributed by atoms with Gasteiger partial charge in [0.05, 0.1) is 11.6 Å². The fourth-order valence-electron chi connectivity index (χ4n) is 2.92. The number of aromatic amines is 1. The molecule has 7 heteroatoms. The van der Waals surface area contributed by atoms with Crippen LogP contribution in [0.2, 0.25) is 0 Å². The Morgan fingerprint density at radius 1 is 1.25 bits per heavy atom. The fourth-order valence-corrected chi connectivity index (χ4v) is 2.92. The normalized spacial score (nSPS) is 17.7. The van der Waals surface area contributed by atoms with E-state index < -0.39 is 11.9 Å². The minimum absolute atomic E-state index is 0.173. The smallest absolute Gasteiger partial charge is 0.308 e. The maximum atomic E-state index is 12.6. The lowest BCUT2D eigenvalue weighted by Gasteiger charge is -2.30. The molecule has 1 amide bonds. The molecule has 1 atom stereocenters. The Hall–Kier alpha value is -2.83. The van der Waals surface area contributed by atoms with Crippen molar-refractivity contribution in [2.75, 3.05) is 13.1 Å². The highest BCUT2D eigenvalue weighted by Crippen LogP contribution is 2.18. The van der Waals surface area contributed by atoms with Crippen LogP contribution in [0.25, 0.3) is 5.69 Å². The lowest BCUT2D eigenvalue weighted by molar-refractivity contribution is -0.143. The van der Waals surface area contributed by atoms with Crippen molar-refractivity contribution in [1.82, 2.24) is 14.7 Å². The molecule has 0 bridgehead atoms. The molecule has 1 unspecified atom stereocenters. The molecule has 1 saturated heterocycles. The third-order valence-corrected chi connectivity index (χ3v) is 4.30. The summed E-state index contributed by atoms with van der Waals surface area (Å²) in [6.45, 7) is 2.62. The van der Waals surface area contributed by atoms with E-state index in [0.717, 1.165) is 5.56 Å². The Labute approximate surface area is 138 Å². The van der Waals surface area contributed by atoms with Gasteiger partial charge in [-0.25, -0.2) is 4.68 Å². The number of nitrogens with zero attached hydrogens (tertiary/aromatic N) is 2. The highest BCUT2D eigenvalue weighted by Gasteiger charge is 2.29. The van der Waals surface area contributed by atoms with Crippen molar-refractivity contribution in [3.05, 3.63) is 51.9 Å².